The first-order valence-corrected chi connectivity index (χ1v) is 34.4. The number of carbonyl (C=O) groups excluding carboxylic acids is 10. The van der Waals surface area contributed by atoms with Crippen LogP contribution < -0.4 is 42.2 Å². The van der Waals surface area contributed by atoms with Gasteiger partial charge in [-0.05, 0) is 60.0 Å². The lowest BCUT2D eigenvalue weighted by Gasteiger charge is -2.39. The van der Waals surface area contributed by atoms with Gasteiger partial charge in [-0.15, -0.1) is 0 Å². The van der Waals surface area contributed by atoms with Crippen molar-refractivity contribution >= 4 is 122 Å². The number of hydrogen-bond donors (Lipinski definition) is 11. The summed E-state index contributed by atoms with van der Waals surface area (Å²) in [6, 6.07) is 17.3. The van der Waals surface area contributed by atoms with Crippen molar-refractivity contribution in [3.05, 3.63) is 138 Å². The monoisotopic (exact) mass is 1440 g/mol. The number of para-hydroxylation sites is 1. The highest BCUT2D eigenvalue weighted by Crippen LogP contribution is 2.45. The molecule has 0 saturated heterocycles. The van der Waals surface area contributed by atoms with E-state index >= 15 is 0 Å². The third kappa shape index (κ3) is 22.4. The molecule has 3 aromatic carbocycles. The Morgan fingerprint density at radius 2 is 1.42 bits per heavy atom. The Labute approximate surface area is 585 Å². The predicted molar refractivity (Wildman–Crippen MR) is 358 cm³/mol. The number of nitrogens with one attached hydrogen (secondary N) is 6. The van der Waals surface area contributed by atoms with Crippen LogP contribution in [0.4, 0.5) is 9.59 Å². The van der Waals surface area contributed by atoms with Gasteiger partial charge in [-0.3, -0.25) is 52.8 Å². The molecule has 12 N–H and O–H groups in total. The minimum atomic E-state index is -1.90. The van der Waals surface area contributed by atoms with Gasteiger partial charge in [0.05, 0.1) is 36.2 Å². The number of carboxylic acids is 4. The molecule has 0 spiro atoms. The van der Waals surface area contributed by atoms with Gasteiger partial charge in [-0.25, -0.2) is 23.7 Å². The molecule has 0 fully saturated rings. The molecule has 4 aromatic rings. The highest BCUT2D eigenvalue weighted by molar-refractivity contribution is 8.76. The number of benzene rings is 3. The Balaban J connectivity index is 0.882. The average Bonchev–Trinajstić information content (AvgIpc) is 1.65. The molecule has 32 nitrogen and oxygen atoms in total. The van der Waals surface area contributed by atoms with Crippen molar-refractivity contribution in [1.29, 1.82) is 0 Å². The van der Waals surface area contributed by atoms with E-state index in [2.05, 4.69) is 43.2 Å². The number of nitrogens with zero attached hydrogens (tertiary/aromatic N) is 3. The van der Waals surface area contributed by atoms with Crippen LogP contribution >= 0.6 is 21.6 Å². The number of hydrogen-bond acceptors (Lipinski definition) is 23. The molecule has 1 aromatic heterocycles. The number of aromatic nitrogens is 2. The second-order valence-electron chi connectivity index (χ2n) is 23.5. The number of nitrogens with two attached hydrogens (primary N) is 1. The van der Waals surface area contributed by atoms with E-state index in [0.29, 0.717) is 46.2 Å². The van der Waals surface area contributed by atoms with Crippen LogP contribution in [0.25, 0.3) is 16.6 Å². The van der Waals surface area contributed by atoms with Crippen LogP contribution in [0.5, 0.6) is 0 Å². The molecule has 0 aliphatic carbocycles. The third-order valence-electron chi connectivity index (χ3n) is 16.4. The standard InChI is InChI=1S/C67H76N10O22S2/c1-3-67(45-30-51-59-72-47-17-11-10-16-41(47)33-76(59)36-77(51)38(2)44(45)34-97-64(67)93)99-66(95)96-24-25-100-101-35-43(62(89)90)29-53(80)50(31-58(85)86)73-61(88)46(68)32-70-60(87)42(26-39-12-6-4-7-13-39)28-52(79)49(27-40-14-8-5-9-15-40)71-55(82)22-23-69-54(81)19-18-48(63(91)92)74-65(94)75-56(98-37-78)20-21-57(83)84/h4-17,30,33,37,42-43,46,48-50,56H,2-3,18-29,31-32,34-36,68H2,1H3,(H9-,69,70,71,73,74,75,81,82,83,84,85,86,87,88,89,90,91,92,94)/p+1/t42-,43+,46+,48+,49+,50+,56-,67+/m1/s1. The van der Waals surface area contributed by atoms with Gasteiger partial charge < -0.3 is 77.0 Å². The van der Waals surface area contributed by atoms with Crippen molar-refractivity contribution < 1.29 is 111 Å². The summed E-state index contributed by atoms with van der Waals surface area (Å²) in [7, 11) is 2.08. The zero-order chi connectivity index (χ0) is 73.3. The normalized spacial score (nSPS) is 16.4. The molecule has 0 radical (unpaired) electrons. The van der Waals surface area contributed by atoms with Crippen molar-refractivity contribution in [2.45, 2.75) is 120 Å². The maximum Gasteiger partial charge on any atom is 0.509 e. The van der Waals surface area contributed by atoms with Gasteiger partial charge in [0.1, 0.15) is 37.2 Å². The lowest BCUT2D eigenvalue weighted by Crippen LogP contribution is -2.53. The summed E-state index contributed by atoms with van der Waals surface area (Å²) in [4.78, 5) is 186. The molecule has 0 saturated carbocycles. The van der Waals surface area contributed by atoms with E-state index < -0.39 is 170 Å². The molecule has 0 bridgehead atoms. The molecular formula is C67H77N10O22S2+. The molecule has 0 unspecified atom stereocenters. The van der Waals surface area contributed by atoms with Crippen LogP contribution in [0.2, 0.25) is 0 Å². The van der Waals surface area contributed by atoms with E-state index in [1.165, 1.54) is 0 Å². The summed E-state index contributed by atoms with van der Waals surface area (Å²) < 4.78 is 23.3. The Morgan fingerprint density at radius 3 is 2.08 bits per heavy atom. The number of aliphatic carboxylic acids is 4. The van der Waals surface area contributed by atoms with E-state index in [4.69, 9.17) is 30.0 Å². The lowest BCUT2D eigenvalue weighted by atomic mass is 9.82. The number of carboxylic acid groups (broad SMARTS) is 4. The Hall–Kier alpha value is -10.7. The van der Waals surface area contributed by atoms with Crippen molar-refractivity contribution in [3.8, 4) is 0 Å². The molecular weight excluding hydrogens is 1360 g/mol. The predicted octanol–water partition coefficient (Wildman–Crippen LogP) is 2.21. The van der Waals surface area contributed by atoms with Crippen molar-refractivity contribution in [1.82, 2.24) is 41.8 Å². The van der Waals surface area contributed by atoms with Gasteiger partial charge in [0, 0.05) is 79.5 Å². The van der Waals surface area contributed by atoms with Crippen LogP contribution in [0.3, 0.4) is 0 Å². The van der Waals surface area contributed by atoms with Crippen LogP contribution in [0.15, 0.2) is 121 Å². The van der Waals surface area contributed by atoms with Crippen LogP contribution in [-0.4, -0.2) is 188 Å². The zero-order valence-corrected chi connectivity index (χ0v) is 56.3. The smallest absolute Gasteiger partial charge is 0.481 e. The fraction of sp³-hybridized carbons (Fsp3) is 0.403. The first kappa shape index (κ1) is 77.6. The average molecular weight is 1440 g/mol. The quantitative estimate of drug-likeness (QED) is 0.00577. The molecule has 538 valence electrons. The Bertz CT molecular complexity index is 3860. The van der Waals surface area contributed by atoms with E-state index in [0.717, 1.165) is 32.5 Å². The minimum absolute atomic E-state index is 0.0252. The van der Waals surface area contributed by atoms with E-state index in [1.54, 1.807) is 73.7 Å². The summed E-state index contributed by atoms with van der Waals surface area (Å²) in [6.07, 6.45) is -3.23. The summed E-state index contributed by atoms with van der Waals surface area (Å²) in [5.74, 6) is -13.4. The highest BCUT2D eigenvalue weighted by atomic mass is 33.1. The van der Waals surface area contributed by atoms with E-state index in [1.807, 2.05) is 39.9 Å². The Morgan fingerprint density at radius 1 is 0.743 bits per heavy atom. The zero-order valence-electron chi connectivity index (χ0n) is 54.7. The van der Waals surface area contributed by atoms with Gasteiger partial charge in [-0.2, -0.15) is 0 Å². The first-order valence-electron chi connectivity index (χ1n) is 31.9. The Kier molecular flexibility index (Phi) is 28.8. The number of ketones is 2. The maximum absolute atomic E-state index is 14.3. The molecule has 6 amide bonds. The number of rotatable bonds is 41. The van der Waals surface area contributed by atoms with Gasteiger partial charge in [0.2, 0.25) is 29.2 Å². The first-order chi connectivity index (χ1) is 48.3. The van der Waals surface area contributed by atoms with Gasteiger partial charge >= 0.3 is 47.9 Å². The van der Waals surface area contributed by atoms with Crippen molar-refractivity contribution in [2.24, 2.45) is 17.6 Å². The minimum Gasteiger partial charge on any atom is -0.481 e. The number of fused-ring (bicyclic) bond motifs is 4. The van der Waals surface area contributed by atoms with Crippen LogP contribution in [0.1, 0.15) is 81.7 Å². The van der Waals surface area contributed by atoms with Crippen molar-refractivity contribution in [3.63, 3.8) is 0 Å². The molecule has 8 atom stereocenters. The second-order valence-corrected chi connectivity index (χ2v) is 26.1. The maximum atomic E-state index is 14.3. The summed E-state index contributed by atoms with van der Waals surface area (Å²) >= 11 is 0. The van der Waals surface area contributed by atoms with E-state index in [9.17, 15) is 82.4 Å². The highest BCUT2D eigenvalue weighted by Gasteiger charge is 2.54. The number of urea groups is 1. The van der Waals surface area contributed by atoms with Crippen LogP contribution in [0, 0.1) is 11.8 Å². The summed E-state index contributed by atoms with van der Waals surface area (Å²) in [5.41, 5.74) is 8.39. The number of Topliss-reactive ketones (excluding diaryl/α,β-unsaturated/α-hetero) is 2. The number of carbonyl (C=O) groups is 14. The van der Waals surface area contributed by atoms with Gasteiger partial charge in [0.25, 0.3) is 6.47 Å². The molecule has 34 heteroatoms. The number of ether oxygens (including phenoxy) is 4. The van der Waals surface area contributed by atoms with Crippen LogP contribution in [-0.2, 0) is 96.0 Å². The number of cyclic esters (lactones) is 1. The SMILES string of the molecule is C=C1C2=C(C=C3c4nc5ccccc5c[n+]4CN13)[C@](CC)(OC(=O)OCCSSC[C@H](CC(=O)[C@H](CC(=O)O)NC(=O)[C@@H](N)CNC(=O)[C@@H](CC(=O)[C@H](Cc1ccccc1)NC(=O)CCNC(=O)CC[C@H](NC(=O)N[C@@H](CCC(=O)O)OC=O)C(=O)O)Cc1ccccc1)C(=O)O)C(=O)OC2. The fourth-order valence-corrected chi connectivity index (χ4v) is 13.2. The number of esters is 1. The van der Waals surface area contributed by atoms with Crippen molar-refractivity contribution in [2.75, 3.05) is 37.8 Å². The fourth-order valence-electron chi connectivity index (χ4n) is 11.0. The molecule has 7 rings (SSSR count). The molecule has 4 heterocycles. The van der Waals surface area contributed by atoms with Gasteiger partial charge in [0.15, 0.2) is 30.0 Å². The third-order valence-corrected chi connectivity index (χ3v) is 18.8. The number of amides is 6. The summed E-state index contributed by atoms with van der Waals surface area (Å²) in [5, 5.41) is 53.5. The molecule has 101 heavy (non-hydrogen) atoms. The lowest BCUT2D eigenvalue weighted by molar-refractivity contribution is -0.702. The molecule has 3 aliphatic rings. The van der Waals surface area contributed by atoms with Gasteiger partial charge in [-0.1, -0.05) is 108 Å². The largest absolute Gasteiger partial charge is 0.509 e. The summed E-state index contributed by atoms with van der Waals surface area (Å²) in [6.45, 7) is 5.03. The van der Waals surface area contributed by atoms with E-state index in [-0.39, 0.29) is 69.8 Å². The molecule has 3 aliphatic heterocycles. The second kappa shape index (κ2) is 37.4. The topological polar surface area (TPSA) is 475 Å².